The van der Waals surface area contributed by atoms with E-state index in [1.54, 1.807) is 10.6 Å². The Balaban J connectivity index is 1.75. The molecule has 4 nitrogen and oxygen atoms in total. The van der Waals surface area contributed by atoms with Crippen LogP contribution in [0.5, 0.6) is 0 Å². The van der Waals surface area contributed by atoms with E-state index in [-0.39, 0.29) is 17.4 Å². The standard InChI is InChI=1S/C24H24N2O2/c1-15(2)26-14-17(6-8-23(26)28)20-10-19(12-25-13-20)16-5-7-21-18(9-16)11-22(27)24(21,3)4/h5-10,12-15H,11H2,1-4H3. The van der Waals surface area contributed by atoms with E-state index in [0.29, 0.717) is 6.42 Å². The second-order valence-electron chi connectivity index (χ2n) is 8.32. The van der Waals surface area contributed by atoms with Gasteiger partial charge in [-0.1, -0.05) is 18.2 Å². The van der Waals surface area contributed by atoms with Gasteiger partial charge in [0.2, 0.25) is 0 Å². The van der Waals surface area contributed by atoms with Gasteiger partial charge in [-0.25, -0.2) is 0 Å². The lowest BCUT2D eigenvalue weighted by Gasteiger charge is -2.17. The average Bonchev–Trinajstić information content (AvgIpc) is 2.90. The van der Waals surface area contributed by atoms with Crippen LogP contribution in [-0.2, 0) is 16.6 Å². The summed E-state index contributed by atoms with van der Waals surface area (Å²) in [5.74, 6) is 0.266. The van der Waals surface area contributed by atoms with Gasteiger partial charge in [0, 0.05) is 53.7 Å². The summed E-state index contributed by atoms with van der Waals surface area (Å²) in [7, 11) is 0. The number of benzene rings is 1. The normalized spacial score (nSPS) is 15.1. The fourth-order valence-corrected chi connectivity index (χ4v) is 3.91. The molecule has 28 heavy (non-hydrogen) atoms. The lowest BCUT2D eigenvalue weighted by Crippen LogP contribution is -2.23. The van der Waals surface area contributed by atoms with Gasteiger partial charge in [-0.05, 0) is 62.1 Å². The third-order valence-corrected chi connectivity index (χ3v) is 5.73. The zero-order valence-corrected chi connectivity index (χ0v) is 16.7. The second-order valence-corrected chi connectivity index (χ2v) is 8.32. The van der Waals surface area contributed by atoms with Gasteiger partial charge in [-0.15, -0.1) is 0 Å². The largest absolute Gasteiger partial charge is 0.312 e. The van der Waals surface area contributed by atoms with Crippen molar-refractivity contribution in [3.63, 3.8) is 0 Å². The van der Waals surface area contributed by atoms with Gasteiger partial charge in [-0.3, -0.25) is 14.6 Å². The lowest BCUT2D eigenvalue weighted by atomic mass is 9.85. The van der Waals surface area contributed by atoms with Crippen LogP contribution in [0.3, 0.4) is 0 Å². The van der Waals surface area contributed by atoms with Gasteiger partial charge in [0.1, 0.15) is 5.78 Å². The first kappa shape index (κ1) is 18.4. The van der Waals surface area contributed by atoms with Crippen molar-refractivity contribution in [3.8, 4) is 22.3 Å². The third kappa shape index (κ3) is 2.99. The molecule has 4 heteroatoms. The van der Waals surface area contributed by atoms with Crippen molar-refractivity contribution < 1.29 is 4.79 Å². The highest BCUT2D eigenvalue weighted by Crippen LogP contribution is 2.38. The number of nitrogens with zero attached hydrogens (tertiary/aromatic N) is 2. The molecule has 0 unspecified atom stereocenters. The Bertz CT molecular complexity index is 1140. The quantitative estimate of drug-likeness (QED) is 0.677. The second kappa shape index (κ2) is 6.55. The molecular formula is C24H24N2O2. The Morgan fingerprint density at radius 2 is 1.61 bits per heavy atom. The van der Waals surface area contributed by atoms with Crippen LogP contribution in [0.2, 0.25) is 0 Å². The molecule has 0 amide bonds. The first-order valence-corrected chi connectivity index (χ1v) is 9.62. The van der Waals surface area contributed by atoms with E-state index in [1.165, 1.54) is 0 Å². The van der Waals surface area contributed by atoms with Crippen molar-refractivity contribution in [3.05, 3.63) is 76.5 Å². The first-order chi connectivity index (χ1) is 13.3. The van der Waals surface area contributed by atoms with E-state index in [0.717, 1.165) is 33.4 Å². The minimum atomic E-state index is -0.404. The molecule has 0 saturated heterocycles. The minimum Gasteiger partial charge on any atom is -0.312 e. The number of hydrogen-bond donors (Lipinski definition) is 0. The lowest BCUT2D eigenvalue weighted by molar-refractivity contribution is -0.121. The fraction of sp³-hybridized carbons (Fsp3) is 0.292. The Kier molecular flexibility index (Phi) is 4.30. The van der Waals surface area contributed by atoms with Crippen molar-refractivity contribution in [2.45, 2.75) is 45.6 Å². The summed E-state index contributed by atoms with van der Waals surface area (Å²) in [4.78, 5) is 28.8. The van der Waals surface area contributed by atoms with E-state index in [9.17, 15) is 9.59 Å². The SMILES string of the molecule is CC(C)n1cc(-c2cncc(-c3ccc4c(c3)CC(=O)C4(C)C)c2)ccc1=O. The van der Waals surface area contributed by atoms with Gasteiger partial charge in [0.15, 0.2) is 0 Å². The molecule has 0 spiro atoms. The number of pyridine rings is 2. The Labute approximate surface area is 164 Å². The molecule has 2 heterocycles. The van der Waals surface area contributed by atoms with E-state index >= 15 is 0 Å². The molecule has 0 saturated carbocycles. The highest BCUT2D eigenvalue weighted by Gasteiger charge is 2.37. The molecule has 142 valence electrons. The van der Waals surface area contributed by atoms with Gasteiger partial charge >= 0.3 is 0 Å². The van der Waals surface area contributed by atoms with Crippen molar-refractivity contribution in [2.75, 3.05) is 0 Å². The van der Waals surface area contributed by atoms with E-state index in [1.807, 2.05) is 52.4 Å². The summed E-state index contributed by atoms with van der Waals surface area (Å²) in [6, 6.07) is 11.9. The first-order valence-electron chi connectivity index (χ1n) is 9.62. The molecule has 1 aliphatic rings. The fourth-order valence-electron chi connectivity index (χ4n) is 3.91. The van der Waals surface area contributed by atoms with Crippen LogP contribution in [0.4, 0.5) is 0 Å². The molecule has 0 N–H and O–H groups in total. The number of carbonyl (C=O) groups excluding carboxylic acids is 1. The molecule has 3 aromatic rings. The Morgan fingerprint density at radius 1 is 0.929 bits per heavy atom. The summed E-state index contributed by atoms with van der Waals surface area (Å²) in [6.45, 7) is 7.97. The molecule has 4 rings (SSSR count). The topological polar surface area (TPSA) is 52.0 Å². The van der Waals surface area contributed by atoms with Crippen LogP contribution in [0.15, 0.2) is 59.8 Å². The molecule has 0 bridgehead atoms. The Hall–Kier alpha value is -3.01. The smallest absolute Gasteiger partial charge is 0.250 e. The predicted molar refractivity (Wildman–Crippen MR) is 111 cm³/mol. The van der Waals surface area contributed by atoms with Crippen LogP contribution in [0.1, 0.15) is 44.9 Å². The monoisotopic (exact) mass is 372 g/mol. The molecule has 0 fully saturated rings. The summed E-state index contributed by atoms with van der Waals surface area (Å²) in [5.41, 5.74) is 5.78. The van der Waals surface area contributed by atoms with Crippen LogP contribution >= 0.6 is 0 Å². The highest BCUT2D eigenvalue weighted by molar-refractivity contribution is 5.96. The number of rotatable bonds is 3. The molecular weight excluding hydrogens is 348 g/mol. The van der Waals surface area contributed by atoms with Crippen molar-refractivity contribution in [2.24, 2.45) is 0 Å². The molecule has 0 atom stereocenters. The zero-order chi connectivity index (χ0) is 20.1. The maximum absolute atomic E-state index is 12.3. The zero-order valence-electron chi connectivity index (χ0n) is 16.7. The van der Waals surface area contributed by atoms with Gasteiger partial charge in [-0.2, -0.15) is 0 Å². The van der Waals surface area contributed by atoms with Crippen LogP contribution in [0.25, 0.3) is 22.3 Å². The maximum atomic E-state index is 12.3. The number of Topliss-reactive ketones (excluding diaryl/α,β-unsaturated/α-hetero) is 1. The number of fused-ring (bicyclic) bond motifs is 1. The Morgan fingerprint density at radius 3 is 2.32 bits per heavy atom. The van der Waals surface area contributed by atoms with Crippen LogP contribution < -0.4 is 5.56 Å². The van der Waals surface area contributed by atoms with Gasteiger partial charge in [0.05, 0.1) is 0 Å². The van der Waals surface area contributed by atoms with E-state index < -0.39 is 5.41 Å². The minimum absolute atomic E-state index is 0.00577. The number of aromatic nitrogens is 2. The van der Waals surface area contributed by atoms with Crippen molar-refractivity contribution >= 4 is 5.78 Å². The summed E-state index contributed by atoms with van der Waals surface area (Å²) in [6.07, 6.45) is 6.03. The highest BCUT2D eigenvalue weighted by atomic mass is 16.1. The summed E-state index contributed by atoms with van der Waals surface area (Å²) >= 11 is 0. The van der Waals surface area contributed by atoms with E-state index in [2.05, 4.69) is 29.2 Å². The molecule has 2 aromatic heterocycles. The molecule has 0 aliphatic heterocycles. The molecule has 0 radical (unpaired) electrons. The summed E-state index contributed by atoms with van der Waals surface area (Å²) in [5, 5.41) is 0. The average molecular weight is 372 g/mol. The van der Waals surface area contributed by atoms with Gasteiger partial charge < -0.3 is 4.57 Å². The predicted octanol–water partition coefficient (Wildman–Crippen LogP) is 4.56. The van der Waals surface area contributed by atoms with E-state index in [4.69, 9.17) is 0 Å². The van der Waals surface area contributed by atoms with Gasteiger partial charge in [0.25, 0.3) is 5.56 Å². The molecule has 1 aliphatic carbocycles. The number of ketones is 1. The summed E-state index contributed by atoms with van der Waals surface area (Å²) < 4.78 is 1.73. The van der Waals surface area contributed by atoms with Crippen molar-refractivity contribution in [1.29, 1.82) is 0 Å². The van der Waals surface area contributed by atoms with Crippen molar-refractivity contribution in [1.82, 2.24) is 9.55 Å². The number of carbonyl (C=O) groups is 1. The number of hydrogen-bond acceptors (Lipinski definition) is 3. The van der Waals surface area contributed by atoms with Crippen LogP contribution in [-0.4, -0.2) is 15.3 Å². The molecule has 1 aromatic carbocycles. The third-order valence-electron chi connectivity index (χ3n) is 5.73. The van der Waals surface area contributed by atoms with Crippen LogP contribution in [0, 0.1) is 0 Å². The maximum Gasteiger partial charge on any atom is 0.250 e.